The molecule has 96 valence electrons. The molecule has 2 heterocycles. The number of nitrogens with zero attached hydrogens (tertiary/aromatic N) is 3. The quantitative estimate of drug-likeness (QED) is 0.900. The summed E-state index contributed by atoms with van der Waals surface area (Å²) in [6.45, 7) is 7.96. The maximum absolute atomic E-state index is 5.60. The van der Waals surface area contributed by atoms with Crippen LogP contribution in [0.1, 0.15) is 38.1 Å². The van der Waals surface area contributed by atoms with Gasteiger partial charge in [-0.2, -0.15) is 0 Å². The third-order valence-corrected chi connectivity index (χ3v) is 4.39. The second-order valence-electron chi connectivity index (χ2n) is 5.25. The van der Waals surface area contributed by atoms with Crippen molar-refractivity contribution in [3.8, 4) is 0 Å². The average Bonchev–Trinajstić information content (AvgIpc) is 2.54. The lowest BCUT2D eigenvalue weighted by Gasteiger charge is -2.20. The summed E-state index contributed by atoms with van der Waals surface area (Å²) in [5.41, 5.74) is 5.60. The lowest BCUT2D eigenvalue weighted by Crippen LogP contribution is -2.24. The fourth-order valence-electron chi connectivity index (χ4n) is 2.53. The highest BCUT2D eigenvalue weighted by Gasteiger charge is 2.20. The van der Waals surface area contributed by atoms with Crippen LogP contribution in [0, 0.1) is 11.8 Å². The Labute approximate surface area is 107 Å². The minimum Gasteiger partial charge on any atom is -0.374 e. The topological polar surface area (TPSA) is 55.0 Å². The van der Waals surface area contributed by atoms with Gasteiger partial charge in [0.2, 0.25) is 5.13 Å². The van der Waals surface area contributed by atoms with Crippen LogP contribution in [0.25, 0.3) is 0 Å². The Bertz CT molecular complexity index is 350. The maximum Gasteiger partial charge on any atom is 0.203 e. The number of nitrogen functional groups attached to an aromatic ring is 1. The van der Waals surface area contributed by atoms with E-state index in [1.165, 1.54) is 43.7 Å². The van der Waals surface area contributed by atoms with Crippen LogP contribution >= 0.6 is 11.3 Å². The van der Waals surface area contributed by atoms with Gasteiger partial charge in [0.1, 0.15) is 5.01 Å². The first kappa shape index (κ1) is 12.8. The molecule has 1 saturated heterocycles. The molecule has 1 unspecified atom stereocenters. The van der Waals surface area contributed by atoms with Gasteiger partial charge in [0.05, 0.1) is 6.54 Å². The van der Waals surface area contributed by atoms with Gasteiger partial charge in [0.25, 0.3) is 0 Å². The van der Waals surface area contributed by atoms with Crippen LogP contribution in [0.4, 0.5) is 5.13 Å². The molecule has 4 nitrogen and oxygen atoms in total. The molecule has 1 aromatic heterocycles. The summed E-state index contributed by atoms with van der Waals surface area (Å²) in [6, 6.07) is 0. The van der Waals surface area contributed by atoms with Gasteiger partial charge >= 0.3 is 0 Å². The van der Waals surface area contributed by atoms with E-state index < -0.39 is 0 Å². The molecule has 1 aromatic rings. The highest BCUT2D eigenvalue weighted by atomic mass is 32.1. The molecule has 17 heavy (non-hydrogen) atoms. The van der Waals surface area contributed by atoms with E-state index in [0.717, 1.165) is 23.4 Å². The van der Waals surface area contributed by atoms with E-state index in [1.807, 2.05) is 0 Å². The molecule has 5 heteroatoms. The van der Waals surface area contributed by atoms with E-state index in [2.05, 4.69) is 28.9 Å². The van der Waals surface area contributed by atoms with Crippen LogP contribution in [0.15, 0.2) is 0 Å². The highest BCUT2D eigenvalue weighted by Crippen LogP contribution is 2.25. The van der Waals surface area contributed by atoms with Crippen molar-refractivity contribution < 1.29 is 0 Å². The largest absolute Gasteiger partial charge is 0.374 e. The Morgan fingerprint density at radius 1 is 1.35 bits per heavy atom. The van der Waals surface area contributed by atoms with E-state index in [0.29, 0.717) is 5.13 Å². The molecule has 1 fully saturated rings. The first-order valence-electron chi connectivity index (χ1n) is 6.45. The molecule has 2 N–H and O–H groups in total. The summed E-state index contributed by atoms with van der Waals surface area (Å²) in [5.74, 6) is 1.70. The van der Waals surface area contributed by atoms with Gasteiger partial charge in [-0.1, -0.05) is 25.2 Å². The number of hydrogen-bond donors (Lipinski definition) is 1. The van der Waals surface area contributed by atoms with Crippen molar-refractivity contribution in [2.45, 2.75) is 39.7 Å². The Hall–Kier alpha value is -0.680. The minimum atomic E-state index is 0.579. The van der Waals surface area contributed by atoms with Crippen LogP contribution in [0.5, 0.6) is 0 Å². The number of nitrogens with two attached hydrogens (primary N) is 1. The van der Waals surface area contributed by atoms with Gasteiger partial charge in [0, 0.05) is 0 Å². The zero-order valence-corrected chi connectivity index (χ0v) is 11.5. The first-order chi connectivity index (χ1) is 8.15. The standard InChI is InChI=1S/C12H22N4S/c1-9(2)10-4-3-6-16(7-5-10)8-11-14-15-12(13)17-11/h9-10H,3-8H2,1-2H3,(H2,13,15). The smallest absolute Gasteiger partial charge is 0.203 e. The van der Waals surface area contributed by atoms with Crippen molar-refractivity contribution in [3.63, 3.8) is 0 Å². The lowest BCUT2D eigenvalue weighted by atomic mass is 9.89. The fourth-order valence-corrected chi connectivity index (χ4v) is 3.18. The van der Waals surface area contributed by atoms with E-state index in [-0.39, 0.29) is 0 Å². The molecule has 1 atom stereocenters. The molecule has 0 saturated carbocycles. The molecule has 1 aliphatic heterocycles. The molecule has 1 aliphatic rings. The van der Waals surface area contributed by atoms with Crippen molar-refractivity contribution in [1.82, 2.24) is 15.1 Å². The predicted molar refractivity (Wildman–Crippen MR) is 71.8 cm³/mol. The number of rotatable bonds is 3. The zero-order chi connectivity index (χ0) is 12.3. The number of aromatic nitrogens is 2. The maximum atomic E-state index is 5.60. The molecule has 0 aliphatic carbocycles. The van der Waals surface area contributed by atoms with Crippen LogP contribution in [0.2, 0.25) is 0 Å². The fraction of sp³-hybridized carbons (Fsp3) is 0.833. The third-order valence-electron chi connectivity index (χ3n) is 3.65. The van der Waals surface area contributed by atoms with Crippen molar-refractivity contribution in [2.75, 3.05) is 18.8 Å². The van der Waals surface area contributed by atoms with Gasteiger partial charge in [-0.15, -0.1) is 10.2 Å². The normalized spacial score (nSPS) is 22.9. The molecular formula is C12H22N4S. The molecule has 0 amide bonds. The predicted octanol–water partition coefficient (Wildman–Crippen LogP) is 2.38. The Morgan fingerprint density at radius 2 is 2.18 bits per heavy atom. The molecule has 0 aromatic carbocycles. The summed E-state index contributed by atoms with van der Waals surface area (Å²) in [7, 11) is 0. The van der Waals surface area contributed by atoms with Crippen LogP contribution in [-0.4, -0.2) is 28.2 Å². The molecule has 0 radical (unpaired) electrons. The van der Waals surface area contributed by atoms with Crippen LogP contribution in [0.3, 0.4) is 0 Å². The molecular weight excluding hydrogens is 232 g/mol. The Balaban J connectivity index is 1.86. The first-order valence-corrected chi connectivity index (χ1v) is 7.27. The molecule has 0 bridgehead atoms. The van der Waals surface area contributed by atoms with E-state index >= 15 is 0 Å². The minimum absolute atomic E-state index is 0.579. The summed E-state index contributed by atoms with van der Waals surface area (Å²) >= 11 is 1.51. The van der Waals surface area contributed by atoms with Gasteiger partial charge in [-0.25, -0.2) is 0 Å². The molecule has 0 spiro atoms. The second-order valence-corrected chi connectivity index (χ2v) is 6.34. The molecule has 2 rings (SSSR count). The van der Waals surface area contributed by atoms with Gasteiger partial charge in [-0.05, 0) is 44.2 Å². The average molecular weight is 254 g/mol. The van der Waals surface area contributed by atoms with E-state index in [4.69, 9.17) is 5.73 Å². The van der Waals surface area contributed by atoms with Crippen molar-refractivity contribution in [3.05, 3.63) is 5.01 Å². The Morgan fingerprint density at radius 3 is 2.82 bits per heavy atom. The van der Waals surface area contributed by atoms with Gasteiger partial charge in [-0.3, -0.25) is 4.90 Å². The van der Waals surface area contributed by atoms with E-state index in [9.17, 15) is 0 Å². The SMILES string of the molecule is CC(C)C1CCCN(Cc2nnc(N)s2)CC1. The highest BCUT2D eigenvalue weighted by molar-refractivity contribution is 7.15. The summed E-state index contributed by atoms with van der Waals surface area (Å²) < 4.78 is 0. The van der Waals surface area contributed by atoms with Crippen molar-refractivity contribution >= 4 is 16.5 Å². The third kappa shape index (κ3) is 3.64. The summed E-state index contributed by atoms with van der Waals surface area (Å²) in [6.07, 6.45) is 3.98. The van der Waals surface area contributed by atoms with E-state index in [1.54, 1.807) is 0 Å². The number of anilines is 1. The van der Waals surface area contributed by atoms with Gasteiger partial charge < -0.3 is 5.73 Å². The number of likely N-dealkylation sites (tertiary alicyclic amines) is 1. The van der Waals surface area contributed by atoms with Crippen molar-refractivity contribution in [1.29, 1.82) is 0 Å². The monoisotopic (exact) mass is 254 g/mol. The van der Waals surface area contributed by atoms with Crippen LogP contribution < -0.4 is 5.73 Å². The summed E-state index contributed by atoms with van der Waals surface area (Å²) in [4.78, 5) is 2.49. The second kappa shape index (κ2) is 5.78. The summed E-state index contributed by atoms with van der Waals surface area (Å²) in [5, 5.41) is 9.59. The van der Waals surface area contributed by atoms with Crippen molar-refractivity contribution in [2.24, 2.45) is 11.8 Å². The number of hydrogen-bond acceptors (Lipinski definition) is 5. The van der Waals surface area contributed by atoms with Gasteiger partial charge in [0.15, 0.2) is 0 Å². The van der Waals surface area contributed by atoms with Crippen LogP contribution in [-0.2, 0) is 6.54 Å². The lowest BCUT2D eigenvalue weighted by molar-refractivity contribution is 0.264. The zero-order valence-electron chi connectivity index (χ0n) is 10.7. The Kier molecular flexibility index (Phi) is 4.34.